The van der Waals surface area contributed by atoms with Gasteiger partial charge in [0.15, 0.2) is 0 Å². The van der Waals surface area contributed by atoms with Crippen LogP contribution in [0.5, 0.6) is 0 Å². The van der Waals surface area contributed by atoms with Crippen LogP contribution in [0, 0.1) is 0 Å². The zero-order chi connectivity index (χ0) is 19.7. The first kappa shape index (κ1) is 18.5. The minimum Gasteiger partial charge on any atom is -0.341 e. The molecule has 0 atom stereocenters. The molecule has 1 aromatic heterocycles. The number of rotatable bonds is 4. The summed E-state index contributed by atoms with van der Waals surface area (Å²) in [7, 11) is 0. The summed E-state index contributed by atoms with van der Waals surface area (Å²) >= 11 is 6.04. The summed E-state index contributed by atoms with van der Waals surface area (Å²) in [4.78, 5) is 40.6. The average molecular weight is 398 g/mol. The summed E-state index contributed by atoms with van der Waals surface area (Å²) in [6, 6.07) is 14.0. The van der Waals surface area contributed by atoms with E-state index in [1.807, 2.05) is 6.07 Å². The van der Waals surface area contributed by atoms with Crippen molar-refractivity contribution >= 4 is 28.4 Å². The van der Waals surface area contributed by atoms with E-state index in [-0.39, 0.29) is 24.6 Å². The molecular weight excluding hydrogens is 378 g/mol. The van der Waals surface area contributed by atoms with Crippen LogP contribution in [0.25, 0.3) is 10.9 Å². The van der Waals surface area contributed by atoms with Crippen molar-refractivity contribution in [2.75, 3.05) is 13.1 Å². The number of halogens is 1. The minimum absolute atomic E-state index is 0.0742. The van der Waals surface area contributed by atoms with Gasteiger partial charge in [0.05, 0.1) is 17.4 Å². The average Bonchev–Trinajstić information content (AvgIpc) is 3.23. The van der Waals surface area contributed by atoms with Gasteiger partial charge in [-0.25, -0.2) is 4.79 Å². The molecule has 144 valence electrons. The van der Waals surface area contributed by atoms with Crippen molar-refractivity contribution in [3.63, 3.8) is 0 Å². The van der Waals surface area contributed by atoms with Crippen LogP contribution in [0.2, 0.25) is 5.02 Å². The number of para-hydroxylation sites is 1. The molecule has 0 saturated carbocycles. The summed E-state index contributed by atoms with van der Waals surface area (Å²) in [5.41, 5.74) is 0.369. The molecule has 0 bridgehead atoms. The normalized spacial score (nSPS) is 14.0. The first-order chi connectivity index (χ1) is 13.5. The predicted molar refractivity (Wildman–Crippen MR) is 109 cm³/mol. The standard InChI is InChI=1S/C21H20ClN3O3/c22-16-7-5-6-15(12-16)13-25-20(27)17-8-1-2-9-18(17)24(21(25)28)14-19(26)23-10-3-4-11-23/h1-2,5-9,12H,3-4,10-11,13-14H2. The third-order valence-corrected chi connectivity index (χ3v) is 5.35. The van der Waals surface area contributed by atoms with Crippen LogP contribution in [-0.4, -0.2) is 33.0 Å². The second-order valence-corrected chi connectivity index (χ2v) is 7.43. The number of nitrogens with zero attached hydrogens (tertiary/aromatic N) is 3. The first-order valence-electron chi connectivity index (χ1n) is 9.29. The molecule has 1 aliphatic rings. The van der Waals surface area contributed by atoms with Crippen molar-refractivity contribution in [1.82, 2.24) is 14.0 Å². The molecule has 1 amide bonds. The molecule has 7 heteroatoms. The molecule has 2 aromatic carbocycles. The monoisotopic (exact) mass is 397 g/mol. The lowest BCUT2D eigenvalue weighted by molar-refractivity contribution is -0.130. The van der Waals surface area contributed by atoms with Crippen LogP contribution < -0.4 is 11.2 Å². The Balaban J connectivity index is 1.82. The molecule has 0 N–H and O–H groups in total. The lowest BCUT2D eigenvalue weighted by Crippen LogP contribution is -2.43. The number of hydrogen-bond acceptors (Lipinski definition) is 3. The third-order valence-electron chi connectivity index (χ3n) is 5.11. The topological polar surface area (TPSA) is 64.3 Å². The maximum Gasteiger partial charge on any atom is 0.332 e. The minimum atomic E-state index is -0.490. The zero-order valence-corrected chi connectivity index (χ0v) is 16.1. The first-order valence-corrected chi connectivity index (χ1v) is 9.67. The fourth-order valence-corrected chi connectivity index (χ4v) is 3.90. The number of carbonyl (C=O) groups excluding carboxylic acids is 1. The zero-order valence-electron chi connectivity index (χ0n) is 15.3. The highest BCUT2D eigenvalue weighted by atomic mass is 35.5. The lowest BCUT2D eigenvalue weighted by Gasteiger charge is -2.18. The van der Waals surface area contributed by atoms with Gasteiger partial charge >= 0.3 is 5.69 Å². The molecule has 0 spiro atoms. The van der Waals surface area contributed by atoms with Gasteiger partial charge in [-0.2, -0.15) is 0 Å². The number of likely N-dealkylation sites (tertiary alicyclic amines) is 1. The van der Waals surface area contributed by atoms with Crippen LogP contribution in [0.3, 0.4) is 0 Å². The molecule has 1 saturated heterocycles. The number of aromatic nitrogens is 2. The van der Waals surface area contributed by atoms with E-state index in [4.69, 9.17) is 11.6 Å². The van der Waals surface area contributed by atoms with E-state index in [1.54, 1.807) is 47.4 Å². The smallest absolute Gasteiger partial charge is 0.332 e. The van der Waals surface area contributed by atoms with Gasteiger partial charge in [0.25, 0.3) is 5.56 Å². The summed E-state index contributed by atoms with van der Waals surface area (Å²) in [5.74, 6) is -0.0993. The van der Waals surface area contributed by atoms with E-state index < -0.39 is 5.69 Å². The molecule has 0 unspecified atom stereocenters. The van der Waals surface area contributed by atoms with Crippen LogP contribution in [0.1, 0.15) is 18.4 Å². The number of hydrogen-bond donors (Lipinski definition) is 0. The molecule has 3 aromatic rings. The Morgan fingerprint density at radius 2 is 1.71 bits per heavy atom. The van der Waals surface area contributed by atoms with Gasteiger partial charge < -0.3 is 4.90 Å². The molecule has 6 nitrogen and oxygen atoms in total. The summed E-state index contributed by atoms with van der Waals surface area (Å²) < 4.78 is 2.58. The fourth-order valence-electron chi connectivity index (χ4n) is 3.68. The quantitative estimate of drug-likeness (QED) is 0.679. The molecule has 4 rings (SSSR count). The van der Waals surface area contributed by atoms with E-state index in [2.05, 4.69) is 0 Å². The van der Waals surface area contributed by atoms with Gasteiger partial charge in [0.2, 0.25) is 5.91 Å². The van der Waals surface area contributed by atoms with Gasteiger partial charge in [0.1, 0.15) is 6.54 Å². The molecule has 0 aliphatic carbocycles. The van der Waals surface area contributed by atoms with Crippen molar-refractivity contribution in [3.05, 3.63) is 80.0 Å². The van der Waals surface area contributed by atoms with E-state index in [1.165, 1.54) is 9.13 Å². The van der Waals surface area contributed by atoms with E-state index in [0.717, 1.165) is 18.4 Å². The fraction of sp³-hybridized carbons (Fsp3) is 0.286. The number of carbonyl (C=O) groups is 1. The van der Waals surface area contributed by atoms with Crippen molar-refractivity contribution in [2.24, 2.45) is 0 Å². The molecule has 1 fully saturated rings. The molecular formula is C21H20ClN3O3. The van der Waals surface area contributed by atoms with E-state index in [0.29, 0.717) is 29.0 Å². The summed E-state index contributed by atoms with van der Waals surface area (Å²) in [5, 5.41) is 0.953. The number of fused-ring (bicyclic) bond motifs is 1. The highest BCUT2D eigenvalue weighted by Crippen LogP contribution is 2.13. The summed E-state index contributed by atoms with van der Waals surface area (Å²) in [6.07, 6.45) is 1.96. The van der Waals surface area contributed by atoms with Crippen molar-refractivity contribution in [2.45, 2.75) is 25.9 Å². The molecule has 1 aliphatic heterocycles. The largest absolute Gasteiger partial charge is 0.341 e. The maximum atomic E-state index is 13.2. The molecule has 2 heterocycles. The second kappa shape index (κ2) is 7.64. The van der Waals surface area contributed by atoms with Crippen LogP contribution >= 0.6 is 11.6 Å². The van der Waals surface area contributed by atoms with Crippen molar-refractivity contribution in [3.8, 4) is 0 Å². The van der Waals surface area contributed by atoms with Gasteiger partial charge in [-0.3, -0.25) is 18.7 Å². The van der Waals surface area contributed by atoms with Crippen LogP contribution in [0.15, 0.2) is 58.1 Å². The van der Waals surface area contributed by atoms with Crippen LogP contribution in [0.4, 0.5) is 0 Å². The Morgan fingerprint density at radius 1 is 0.964 bits per heavy atom. The highest BCUT2D eigenvalue weighted by Gasteiger charge is 2.21. The van der Waals surface area contributed by atoms with E-state index >= 15 is 0 Å². The molecule has 0 radical (unpaired) electrons. The lowest BCUT2D eigenvalue weighted by atomic mass is 10.2. The third kappa shape index (κ3) is 3.47. The Hall–Kier alpha value is -2.86. The van der Waals surface area contributed by atoms with Gasteiger partial charge in [-0.05, 0) is 42.7 Å². The van der Waals surface area contributed by atoms with E-state index in [9.17, 15) is 14.4 Å². The predicted octanol–water partition coefficient (Wildman–Crippen LogP) is 2.49. The van der Waals surface area contributed by atoms with Crippen molar-refractivity contribution in [1.29, 1.82) is 0 Å². The Kier molecular flexibility index (Phi) is 5.05. The summed E-state index contributed by atoms with van der Waals surface area (Å²) in [6.45, 7) is 1.46. The molecule has 28 heavy (non-hydrogen) atoms. The van der Waals surface area contributed by atoms with Crippen molar-refractivity contribution < 1.29 is 4.79 Å². The Bertz CT molecular complexity index is 1160. The second-order valence-electron chi connectivity index (χ2n) is 6.99. The van der Waals surface area contributed by atoms with Gasteiger partial charge in [-0.15, -0.1) is 0 Å². The Morgan fingerprint density at radius 3 is 2.46 bits per heavy atom. The highest BCUT2D eigenvalue weighted by molar-refractivity contribution is 6.30. The maximum absolute atomic E-state index is 13.2. The Labute approximate surface area is 166 Å². The van der Waals surface area contributed by atoms with Crippen LogP contribution in [-0.2, 0) is 17.9 Å². The van der Waals surface area contributed by atoms with Gasteiger partial charge in [0, 0.05) is 18.1 Å². The number of amides is 1. The number of benzene rings is 2. The SMILES string of the molecule is O=C(Cn1c(=O)n(Cc2cccc(Cl)c2)c(=O)c2ccccc21)N1CCCC1. The van der Waals surface area contributed by atoms with Gasteiger partial charge in [-0.1, -0.05) is 35.9 Å².